The quantitative estimate of drug-likeness (QED) is 0.0343. The number of nitrogens with two attached hydrogens (primary N) is 2. The summed E-state index contributed by atoms with van der Waals surface area (Å²) in [6.07, 6.45) is 10.0. The third-order valence-corrected chi connectivity index (χ3v) is 13.0. The van der Waals surface area contributed by atoms with Crippen LogP contribution in [0, 0.1) is 0 Å². The number of hydrogen-bond acceptors (Lipinski definition) is 18. The molecule has 2 aliphatic rings. The number of nitrogens with one attached hydrogen (secondary N) is 6. The molecule has 4 unspecified atom stereocenters. The number of aromatic nitrogens is 6. The summed E-state index contributed by atoms with van der Waals surface area (Å²) in [5, 5.41) is 19.0. The summed E-state index contributed by atoms with van der Waals surface area (Å²) in [6.45, 7) is 0. The first-order valence-corrected chi connectivity index (χ1v) is 24.3. The van der Waals surface area contributed by atoms with Gasteiger partial charge in [0.1, 0.15) is 9.79 Å². The lowest BCUT2D eigenvalue weighted by molar-refractivity contribution is 0.402. The van der Waals surface area contributed by atoms with Crippen molar-refractivity contribution in [3.8, 4) is 0 Å². The van der Waals surface area contributed by atoms with Gasteiger partial charge in [0.15, 0.2) is 0 Å². The second-order valence-corrected chi connectivity index (χ2v) is 18.8. The molecule has 2 aromatic heterocycles. The summed E-state index contributed by atoms with van der Waals surface area (Å²) >= 11 is 0. The number of nitrogens with zero attached hydrogens (tertiary/aromatic N) is 6. The van der Waals surface area contributed by atoms with Crippen LogP contribution in [0.1, 0.15) is 62.5 Å². The number of rotatable bonds is 16. The first-order chi connectivity index (χ1) is 31.7. The van der Waals surface area contributed by atoms with E-state index < -0.39 is 30.0 Å². The monoisotopic (exact) mass is 934 g/mol. The highest BCUT2D eigenvalue weighted by atomic mass is 32.2. The van der Waals surface area contributed by atoms with Crippen LogP contribution in [-0.2, 0) is 20.2 Å². The van der Waals surface area contributed by atoms with Crippen LogP contribution >= 0.6 is 0 Å². The summed E-state index contributed by atoms with van der Waals surface area (Å²) < 4.78 is 71.9. The van der Waals surface area contributed by atoms with E-state index in [9.17, 15) is 25.9 Å². The van der Waals surface area contributed by atoms with Crippen molar-refractivity contribution in [1.82, 2.24) is 29.9 Å². The fourth-order valence-electron chi connectivity index (χ4n) is 7.80. The zero-order valence-electron chi connectivity index (χ0n) is 35.5. The van der Waals surface area contributed by atoms with Crippen LogP contribution in [0.4, 0.5) is 58.4 Å². The average molecular weight is 935 g/mol. The van der Waals surface area contributed by atoms with E-state index in [0.29, 0.717) is 0 Å². The summed E-state index contributed by atoms with van der Waals surface area (Å²) in [4.78, 5) is 26.1. The first-order valence-electron chi connectivity index (χ1n) is 21.4. The number of benzene rings is 4. The van der Waals surface area contributed by atoms with Crippen molar-refractivity contribution in [3.63, 3.8) is 0 Å². The molecule has 0 aliphatic heterocycles. The van der Waals surface area contributed by atoms with Gasteiger partial charge >= 0.3 is 0 Å². The second-order valence-electron chi connectivity index (χ2n) is 16.0. The Hall–Kier alpha value is -6.82. The molecule has 0 spiro atoms. The number of para-hydroxylation sites is 2. The average Bonchev–Trinajstić information content (AvgIpc) is 3.28. The van der Waals surface area contributed by atoms with Crippen LogP contribution in [0.3, 0.4) is 0 Å². The van der Waals surface area contributed by atoms with Crippen LogP contribution in [0.5, 0.6) is 0 Å². The molecule has 2 saturated carbocycles. The normalized spacial score (nSPS) is 18.9. The van der Waals surface area contributed by atoms with Gasteiger partial charge in [-0.25, -0.2) is 0 Å². The van der Waals surface area contributed by atoms with Gasteiger partial charge in [0.2, 0.25) is 35.7 Å². The molecule has 6 aromatic rings. The standard InChI is InChI=1S/C44H50N14O6S2/c45-33-15-7-9-17-35(33)51-43-55-39(47-29-11-3-1-4-12-29)53-41(57-43)49-31-23-21-27(37(25-31)65(59,60)61)19-20-28-22-24-32(26-38(28)66(62,63)64)50-42-54-40(48-30-13-5-2-6-14-30)56-44(58-42)52-36-18-10-8-16-34(36)46/h1-6,11-14,19-26,33-36H,7-10,15-18,45-46H2,(H,59,60,61)(H,62,63,64)(H3,47,49,51,53,55,57)(H3,48,50,52,54,56,58)/b20-19+. The van der Waals surface area contributed by atoms with Crippen molar-refractivity contribution in [2.75, 3.05) is 31.9 Å². The minimum Gasteiger partial charge on any atom is -0.350 e. The Bertz CT molecular complexity index is 2720. The van der Waals surface area contributed by atoms with Gasteiger partial charge in [0.25, 0.3) is 20.2 Å². The predicted octanol–water partition coefficient (Wildman–Crippen LogP) is 7.06. The van der Waals surface area contributed by atoms with Crippen molar-refractivity contribution in [2.45, 2.75) is 85.3 Å². The lowest BCUT2D eigenvalue weighted by atomic mass is 9.91. The van der Waals surface area contributed by atoms with Gasteiger partial charge in [0.05, 0.1) is 0 Å². The SMILES string of the molecule is NC1CCCCC1Nc1nc(Nc2ccccc2)nc(Nc2ccc(/C=C/c3ccc(Nc4nc(Nc5ccccc5)nc(NC5CCCCC5N)n4)cc3S(=O)(=O)O)c(S(=O)(=O)O)c2)n1. The molecule has 2 fully saturated rings. The van der Waals surface area contributed by atoms with Gasteiger partial charge in [-0.05, 0) is 85.3 Å². The molecule has 4 atom stereocenters. The van der Waals surface area contributed by atoms with Crippen molar-refractivity contribution in [1.29, 1.82) is 0 Å². The molecule has 0 amide bonds. The predicted molar refractivity (Wildman–Crippen MR) is 255 cm³/mol. The Morgan fingerprint density at radius 2 is 0.788 bits per heavy atom. The van der Waals surface area contributed by atoms with Gasteiger partial charge < -0.3 is 43.4 Å². The highest BCUT2D eigenvalue weighted by Crippen LogP contribution is 2.30. The summed E-state index contributed by atoms with van der Waals surface area (Å²) in [7, 11) is -9.70. The van der Waals surface area contributed by atoms with Crippen LogP contribution in [-0.4, -0.2) is 80.0 Å². The van der Waals surface area contributed by atoms with Crippen LogP contribution < -0.4 is 43.4 Å². The molecular weight excluding hydrogens is 885 g/mol. The minimum absolute atomic E-state index is 0.00334. The van der Waals surface area contributed by atoms with Gasteiger partial charge in [-0.15, -0.1) is 0 Å². The Labute approximate surface area is 382 Å². The molecule has 2 heterocycles. The van der Waals surface area contributed by atoms with E-state index in [1.54, 1.807) is 0 Å². The van der Waals surface area contributed by atoms with E-state index in [1.165, 1.54) is 48.6 Å². The Kier molecular flexibility index (Phi) is 14.0. The fourth-order valence-corrected chi connectivity index (χ4v) is 9.22. The maximum atomic E-state index is 12.8. The molecule has 0 bridgehead atoms. The third kappa shape index (κ3) is 12.1. The summed E-state index contributed by atoms with van der Waals surface area (Å²) in [6, 6.07) is 26.4. The Morgan fingerprint density at radius 3 is 1.14 bits per heavy atom. The lowest BCUT2D eigenvalue weighted by Crippen LogP contribution is -2.43. The molecule has 20 nitrogen and oxygen atoms in total. The maximum Gasteiger partial charge on any atom is 0.295 e. The highest BCUT2D eigenvalue weighted by Gasteiger charge is 2.25. The van der Waals surface area contributed by atoms with Gasteiger partial charge in [0, 0.05) is 46.9 Å². The zero-order chi connectivity index (χ0) is 46.3. The molecule has 8 rings (SSSR count). The third-order valence-electron chi connectivity index (χ3n) is 11.1. The molecule has 66 heavy (non-hydrogen) atoms. The topological polar surface area (TPSA) is 310 Å². The van der Waals surface area contributed by atoms with Crippen molar-refractivity contribution < 1.29 is 25.9 Å². The molecular formula is C44H50N14O6S2. The van der Waals surface area contributed by atoms with Crippen molar-refractivity contribution in [2.24, 2.45) is 11.5 Å². The van der Waals surface area contributed by atoms with E-state index in [0.717, 1.165) is 62.7 Å². The van der Waals surface area contributed by atoms with Gasteiger partial charge in [-0.1, -0.05) is 86.4 Å². The molecule has 0 radical (unpaired) electrons. The van der Waals surface area contributed by atoms with E-state index in [4.69, 9.17) is 11.5 Å². The second kappa shape index (κ2) is 20.1. The molecule has 0 saturated heterocycles. The largest absolute Gasteiger partial charge is 0.350 e. The number of hydrogen-bond donors (Lipinski definition) is 10. The fraction of sp³-hybridized carbons (Fsp3) is 0.273. The minimum atomic E-state index is -4.85. The molecule has 2 aliphatic carbocycles. The first kappa shape index (κ1) is 45.7. The summed E-state index contributed by atoms with van der Waals surface area (Å²) in [5.74, 6) is 1.03. The van der Waals surface area contributed by atoms with Crippen LogP contribution in [0.2, 0.25) is 0 Å². The highest BCUT2D eigenvalue weighted by molar-refractivity contribution is 7.86. The summed E-state index contributed by atoms with van der Waals surface area (Å²) in [5.41, 5.74) is 14.6. The maximum absolute atomic E-state index is 12.8. The van der Waals surface area contributed by atoms with Crippen molar-refractivity contribution >= 4 is 90.8 Å². The zero-order valence-corrected chi connectivity index (χ0v) is 37.2. The van der Waals surface area contributed by atoms with E-state index in [-0.39, 0.29) is 82.4 Å². The lowest BCUT2D eigenvalue weighted by Gasteiger charge is -2.29. The van der Waals surface area contributed by atoms with Gasteiger partial charge in [-0.2, -0.15) is 46.7 Å². The molecule has 4 aromatic carbocycles. The van der Waals surface area contributed by atoms with E-state index in [2.05, 4.69) is 61.8 Å². The van der Waals surface area contributed by atoms with Gasteiger partial charge in [-0.3, -0.25) is 9.11 Å². The Balaban J connectivity index is 1.05. The smallest absolute Gasteiger partial charge is 0.295 e. The van der Waals surface area contributed by atoms with E-state index in [1.807, 2.05) is 60.7 Å². The van der Waals surface area contributed by atoms with Crippen LogP contribution in [0.15, 0.2) is 107 Å². The molecule has 344 valence electrons. The van der Waals surface area contributed by atoms with Crippen molar-refractivity contribution in [3.05, 3.63) is 108 Å². The molecule has 22 heteroatoms. The number of anilines is 10. The van der Waals surface area contributed by atoms with E-state index >= 15 is 0 Å². The Morgan fingerprint density at radius 1 is 0.455 bits per heavy atom. The molecule has 12 N–H and O–H groups in total. The van der Waals surface area contributed by atoms with Crippen LogP contribution in [0.25, 0.3) is 12.2 Å².